The van der Waals surface area contributed by atoms with Gasteiger partial charge in [0.25, 0.3) is 0 Å². The van der Waals surface area contributed by atoms with Gasteiger partial charge in [-0.1, -0.05) is 135 Å². The van der Waals surface area contributed by atoms with Crippen molar-refractivity contribution in [2.24, 2.45) is 0 Å². The Bertz CT molecular complexity index is 2090. The Morgan fingerprint density at radius 3 is 1.52 bits per heavy atom. The lowest BCUT2D eigenvalue weighted by Crippen LogP contribution is -2.02. The van der Waals surface area contributed by atoms with Crippen molar-refractivity contribution in [3.8, 4) is 39.1 Å². The maximum atomic E-state index is 4.89. The predicted molar refractivity (Wildman–Crippen MR) is 189 cm³/mol. The molecule has 0 aliphatic carbocycles. The molecule has 0 atom stereocenters. The third kappa shape index (κ3) is 4.66. The van der Waals surface area contributed by atoms with Gasteiger partial charge in [0.05, 0.1) is 11.4 Å². The van der Waals surface area contributed by atoms with E-state index in [2.05, 4.69) is 152 Å². The lowest BCUT2D eigenvalue weighted by atomic mass is 9.85. The van der Waals surface area contributed by atoms with E-state index in [1.54, 1.807) is 0 Å². The van der Waals surface area contributed by atoms with E-state index >= 15 is 0 Å². The van der Waals surface area contributed by atoms with E-state index in [0.29, 0.717) is 0 Å². The summed E-state index contributed by atoms with van der Waals surface area (Å²) in [5.41, 5.74) is 10.5. The maximum absolute atomic E-state index is 4.89. The monoisotopic (exact) mass is 566 g/mol. The van der Waals surface area contributed by atoms with Crippen molar-refractivity contribution in [1.82, 2.24) is 9.55 Å². The summed E-state index contributed by atoms with van der Waals surface area (Å²) < 4.78 is 2.23. The molecule has 0 saturated heterocycles. The molecule has 2 nitrogen and oxygen atoms in total. The molecule has 1 aromatic heterocycles. The van der Waals surface area contributed by atoms with Crippen molar-refractivity contribution in [1.29, 1.82) is 0 Å². The van der Waals surface area contributed by atoms with Gasteiger partial charge in [0, 0.05) is 12.1 Å². The first-order valence-electron chi connectivity index (χ1n) is 15.3. The number of imidazole rings is 1. The van der Waals surface area contributed by atoms with E-state index in [0.717, 1.165) is 29.3 Å². The number of aromatic nitrogens is 2. The molecule has 7 rings (SSSR count). The highest BCUT2D eigenvalue weighted by atomic mass is 15.1. The summed E-state index contributed by atoms with van der Waals surface area (Å²) in [5.74, 6) is 1.03. The van der Waals surface area contributed by atoms with Gasteiger partial charge in [0.2, 0.25) is 0 Å². The van der Waals surface area contributed by atoms with E-state index in [9.17, 15) is 0 Å². The van der Waals surface area contributed by atoms with Crippen LogP contribution in [0, 0.1) is 0 Å². The van der Waals surface area contributed by atoms with Crippen LogP contribution in [0.4, 0.5) is 0 Å². The third-order valence-corrected chi connectivity index (χ3v) is 8.47. The second kappa shape index (κ2) is 11.7. The van der Waals surface area contributed by atoms with Crippen molar-refractivity contribution in [2.75, 3.05) is 0 Å². The van der Waals surface area contributed by atoms with Crippen LogP contribution in [0.25, 0.3) is 72.8 Å². The number of fused-ring (bicyclic) bond motifs is 2. The average molecular weight is 567 g/mol. The van der Waals surface area contributed by atoms with E-state index in [4.69, 9.17) is 4.98 Å². The molecule has 0 aliphatic rings. The summed E-state index contributed by atoms with van der Waals surface area (Å²) in [6.45, 7) is 8.27. The lowest BCUT2D eigenvalue weighted by molar-refractivity contribution is 0.886. The van der Waals surface area contributed by atoms with Gasteiger partial charge in [-0.2, -0.15) is 0 Å². The van der Waals surface area contributed by atoms with Gasteiger partial charge in [-0.05, 0) is 86.1 Å². The molecular weight excluding hydrogens is 532 g/mol. The Hall–Kier alpha value is -5.47. The van der Waals surface area contributed by atoms with Crippen molar-refractivity contribution < 1.29 is 0 Å². The molecule has 0 saturated carbocycles. The number of hydrogen-bond donors (Lipinski definition) is 0. The topological polar surface area (TPSA) is 17.8 Å². The second-order valence-electron chi connectivity index (χ2n) is 11.0. The number of hydrogen-bond acceptors (Lipinski definition) is 1. The van der Waals surface area contributed by atoms with E-state index in [1.165, 1.54) is 54.9 Å². The minimum Gasteiger partial charge on any atom is -0.296 e. The maximum Gasteiger partial charge on any atom is 0.114 e. The van der Waals surface area contributed by atoms with Crippen LogP contribution in [-0.2, 0) is 6.42 Å². The number of nitrogens with zero attached hydrogens (tertiary/aromatic N) is 2. The van der Waals surface area contributed by atoms with Crippen molar-refractivity contribution >= 4 is 33.7 Å². The SMILES string of the molecule is C=Cc1c(/C=C\C)nc(CC)n1-c1ccc(-c2c3ccccc3c(-c3ccc(-c4ccccc4)cc3)c3ccccc23)cc1. The van der Waals surface area contributed by atoms with Crippen molar-refractivity contribution in [3.63, 3.8) is 0 Å². The fourth-order valence-corrected chi connectivity index (χ4v) is 6.49. The number of allylic oxidation sites excluding steroid dienone is 1. The van der Waals surface area contributed by atoms with Crippen LogP contribution >= 0.6 is 0 Å². The fraction of sp³-hybridized carbons (Fsp3) is 0.0714. The summed E-state index contributed by atoms with van der Waals surface area (Å²) in [7, 11) is 0. The summed E-state index contributed by atoms with van der Waals surface area (Å²) in [5, 5.41) is 5.01. The summed E-state index contributed by atoms with van der Waals surface area (Å²) in [4.78, 5) is 4.89. The zero-order valence-corrected chi connectivity index (χ0v) is 25.2. The fourth-order valence-electron chi connectivity index (χ4n) is 6.49. The second-order valence-corrected chi connectivity index (χ2v) is 11.0. The zero-order valence-electron chi connectivity index (χ0n) is 25.2. The van der Waals surface area contributed by atoms with Gasteiger partial charge in [0.15, 0.2) is 0 Å². The molecule has 0 amide bonds. The van der Waals surface area contributed by atoms with Gasteiger partial charge < -0.3 is 0 Å². The Kier molecular flexibility index (Phi) is 7.25. The Morgan fingerprint density at radius 2 is 1.05 bits per heavy atom. The van der Waals surface area contributed by atoms with Gasteiger partial charge in [-0.25, -0.2) is 4.98 Å². The van der Waals surface area contributed by atoms with Crippen LogP contribution in [0.5, 0.6) is 0 Å². The van der Waals surface area contributed by atoms with Crippen molar-refractivity contribution in [2.45, 2.75) is 20.3 Å². The molecule has 0 spiro atoms. The number of rotatable bonds is 7. The minimum absolute atomic E-state index is 0.837. The first-order chi connectivity index (χ1) is 21.7. The normalized spacial score (nSPS) is 11.5. The molecule has 7 aromatic rings. The molecule has 2 heteroatoms. The van der Waals surface area contributed by atoms with Crippen LogP contribution < -0.4 is 0 Å². The molecule has 6 aromatic carbocycles. The Morgan fingerprint density at radius 1 is 0.591 bits per heavy atom. The molecule has 0 bridgehead atoms. The first-order valence-corrected chi connectivity index (χ1v) is 15.3. The third-order valence-electron chi connectivity index (χ3n) is 8.47. The Labute approximate surface area is 259 Å². The zero-order chi connectivity index (χ0) is 30.0. The van der Waals surface area contributed by atoms with Crippen LogP contribution in [0.2, 0.25) is 0 Å². The van der Waals surface area contributed by atoms with Gasteiger partial charge in [0.1, 0.15) is 5.82 Å². The lowest BCUT2D eigenvalue weighted by Gasteiger charge is -2.18. The summed E-state index contributed by atoms with van der Waals surface area (Å²) in [6.07, 6.45) is 6.82. The highest BCUT2D eigenvalue weighted by Gasteiger charge is 2.18. The molecule has 44 heavy (non-hydrogen) atoms. The number of benzene rings is 6. The highest BCUT2D eigenvalue weighted by Crippen LogP contribution is 2.44. The van der Waals surface area contributed by atoms with Crippen molar-refractivity contribution in [3.05, 3.63) is 157 Å². The minimum atomic E-state index is 0.837. The smallest absolute Gasteiger partial charge is 0.114 e. The van der Waals surface area contributed by atoms with Crippen LogP contribution in [0.3, 0.4) is 0 Å². The van der Waals surface area contributed by atoms with Crippen LogP contribution in [-0.4, -0.2) is 9.55 Å². The standard InChI is InChI=1S/C42H34N2/c1-4-14-38-39(5-2)44(40(6-3)43-38)33-27-25-32(26-28-33)42-36-19-12-10-17-34(36)41(35-18-11-13-20-37(35)42)31-23-21-30(22-24-31)29-15-8-7-9-16-29/h4-5,7-28H,2,6H2,1,3H3/b14-4-. The average Bonchev–Trinajstić information content (AvgIpc) is 3.45. The first kappa shape index (κ1) is 27.4. The largest absolute Gasteiger partial charge is 0.296 e. The van der Waals surface area contributed by atoms with E-state index in [1.807, 2.05) is 19.1 Å². The Balaban J connectivity index is 1.40. The van der Waals surface area contributed by atoms with Crippen LogP contribution in [0.15, 0.2) is 140 Å². The van der Waals surface area contributed by atoms with Crippen LogP contribution in [0.1, 0.15) is 31.1 Å². The molecule has 0 fully saturated rings. The molecule has 212 valence electrons. The molecular formula is C42H34N2. The predicted octanol–water partition coefficient (Wildman–Crippen LogP) is 11.4. The molecule has 0 unspecified atom stereocenters. The van der Waals surface area contributed by atoms with E-state index in [-0.39, 0.29) is 0 Å². The number of aryl methyl sites for hydroxylation is 1. The molecule has 0 radical (unpaired) electrons. The summed E-state index contributed by atoms with van der Waals surface area (Å²) in [6, 6.07) is 46.1. The van der Waals surface area contributed by atoms with Gasteiger partial charge in [-0.3, -0.25) is 4.57 Å². The van der Waals surface area contributed by atoms with E-state index < -0.39 is 0 Å². The van der Waals surface area contributed by atoms with Gasteiger partial charge >= 0.3 is 0 Å². The molecule has 0 aliphatic heterocycles. The summed E-state index contributed by atoms with van der Waals surface area (Å²) >= 11 is 0. The van der Waals surface area contributed by atoms with Gasteiger partial charge in [-0.15, -0.1) is 0 Å². The molecule has 0 N–H and O–H groups in total. The quantitative estimate of drug-likeness (QED) is 0.175. The molecule has 1 heterocycles. The highest BCUT2D eigenvalue weighted by molar-refractivity contribution is 6.21.